The average Bonchev–Trinajstić information content (AvgIpc) is 2.39. The number of hydrogen-bond acceptors (Lipinski definition) is 2. The van der Waals surface area contributed by atoms with Gasteiger partial charge in [0.15, 0.2) is 0 Å². The molecule has 1 aliphatic heterocycles. The second-order valence-electron chi connectivity index (χ2n) is 5.64. The quantitative estimate of drug-likeness (QED) is 0.798. The summed E-state index contributed by atoms with van der Waals surface area (Å²) in [6.07, 6.45) is 3.10. The number of carbonyl (C=O) groups is 1. The highest BCUT2D eigenvalue weighted by Crippen LogP contribution is 2.26. The molecule has 3 heteroatoms. The van der Waals surface area contributed by atoms with Crippen molar-refractivity contribution in [1.82, 2.24) is 10.2 Å². The van der Waals surface area contributed by atoms with Crippen LogP contribution in [0.4, 0.5) is 0 Å². The van der Waals surface area contributed by atoms with Gasteiger partial charge < -0.3 is 10.2 Å². The summed E-state index contributed by atoms with van der Waals surface area (Å²) in [4.78, 5) is 14.5. The molecule has 1 rings (SSSR count). The minimum Gasteiger partial charge on any atom is -0.336 e. The third kappa shape index (κ3) is 2.76. The topological polar surface area (TPSA) is 32.3 Å². The van der Waals surface area contributed by atoms with E-state index in [9.17, 15) is 4.79 Å². The normalized spacial score (nSPS) is 28.1. The molecule has 2 atom stereocenters. The van der Waals surface area contributed by atoms with Gasteiger partial charge in [0.1, 0.15) is 0 Å². The summed E-state index contributed by atoms with van der Waals surface area (Å²) >= 11 is 0. The Morgan fingerprint density at radius 3 is 2.56 bits per heavy atom. The minimum absolute atomic E-state index is 0.00998. The zero-order valence-corrected chi connectivity index (χ0v) is 11.3. The summed E-state index contributed by atoms with van der Waals surface area (Å²) in [5.74, 6) is 0.881. The van der Waals surface area contributed by atoms with Gasteiger partial charge >= 0.3 is 0 Å². The van der Waals surface area contributed by atoms with Crippen molar-refractivity contribution in [2.24, 2.45) is 5.92 Å². The predicted molar refractivity (Wildman–Crippen MR) is 67.3 cm³/mol. The highest BCUT2D eigenvalue weighted by molar-refractivity contribution is 5.82. The number of nitrogens with one attached hydrogen (secondary N) is 1. The van der Waals surface area contributed by atoms with Crippen molar-refractivity contribution in [2.75, 3.05) is 13.6 Å². The Kier molecular flexibility index (Phi) is 4.36. The van der Waals surface area contributed by atoms with Crippen LogP contribution in [0, 0.1) is 5.92 Å². The van der Waals surface area contributed by atoms with Crippen molar-refractivity contribution in [3.05, 3.63) is 0 Å². The van der Waals surface area contributed by atoms with E-state index < -0.39 is 0 Å². The van der Waals surface area contributed by atoms with E-state index in [0.29, 0.717) is 5.92 Å². The number of nitrogens with zero attached hydrogens (tertiary/aromatic N) is 1. The molecule has 3 nitrogen and oxygen atoms in total. The van der Waals surface area contributed by atoms with E-state index in [2.05, 4.69) is 37.9 Å². The summed E-state index contributed by atoms with van der Waals surface area (Å²) in [6, 6.07) is 0.00998. The van der Waals surface area contributed by atoms with Gasteiger partial charge in [0, 0.05) is 12.1 Å². The molecule has 16 heavy (non-hydrogen) atoms. The highest BCUT2D eigenvalue weighted by Gasteiger charge is 2.36. The summed E-state index contributed by atoms with van der Waals surface area (Å²) in [7, 11) is 1.88. The van der Waals surface area contributed by atoms with Crippen LogP contribution in [0.2, 0.25) is 0 Å². The Balaban J connectivity index is 2.90. The van der Waals surface area contributed by atoms with Gasteiger partial charge in [-0.1, -0.05) is 13.8 Å². The number of likely N-dealkylation sites (tertiary alicyclic amines) is 1. The van der Waals surface area contributed by atoms with Gasteiger partial charge in [-0.15, -0.1) is 0 Å². The predicted octanol–water partition coefficient (Wildman–Crippen LogP) is 2.02. The molecule has 0 aromatic carbocycles. The Morgan fingerprint density at radius 2 is 2.06 bits per heavy atom. The van der Waals surface area contributed by atoms with E-state index in [1.54, 1.807) is 0 Å². The van der Waals surface area contributed by atoms with Crippen molar-refractivity contribution in [3.8, 4) is 0 Å². The van der Waals surface area contributed by atoms with Gasteiger partial charge in [0.2, 0.25) is 5.91 Å². The smallest absolute Gasteiger partial charge is 0.240 e. The zero-order chi connectivity index (χ0) is 12.3. The lowest BCUT2D eigenvalue weighted by molar-refractivity contribution is -0.138. The van der Waals surface area contributed by atoms with Crippen LogP contribution < -0.4 is 5.32 Å². The van der Waals surface area contributed by atoms with Crippen molar-refractivity contribution in [3.63, 3.8) is 0 Å². The van der Waals surface area contributed by atoms with E-state index in [0.717, 1.165) is 25.8 Å². The standard InChI is InChI=1S/C13H26N2O/c1-6-13(3,4)15-9-10(2)7-8-11(14-5)12(15)16/h10-11,14H,6-9H2,1-5H3. The molecule has 0 aromatic rings. The second-order valence-corrected chi connectivity index (χ2v) is 5.64. The molecule has 1 amide bonds. The summed E-state index contributed by atoms with van der Waals surface area (Å²) in [5.41, 5.74) is -0.0230. The van der Waals surface area contributed by atoms with Crippen LogP contribution in [0.3, 0.4) is 0 Å². The number of carbonyl (C=O) groups excluding carboxylic acids is 1. The first-order valence-electron chi connectivity index (χ1n) is 6.41. The molecule has 94 valence electrons. The molecular weight excluding hydrogens is 200 g/mol. The van der Waals surface area contributed by atoms with Crippen LogP contribution >= 0.6 is 0 Å². The largest absolute Gasteiger partial charge is 0.336 e. The fourth-order valence-corrected chi connectivity index (χ4v) is 2.26. The van der Waals surface area contributed by atoms with Crippen molar-refractivity contribution >= 4 is 5.91 Å². The van der Waals surface area contributed by atoms with Crippen molar-refractivity contribution < 1.29 is 4.79 Å². The Morgan fingerprint density at radius 1 is 1.44 bits per heavy atom. The van der Waals surface area contributed by atoms with Gasteiger partial charge in [-0.25, -0.2) is 0 Å². The lowest BCUT2D eigenvalue weighted by Crippen LogP contribution is -2.53. The van der Waals surface area contributed by atoms with Crippen LogP contribution in [0.15, 0.2) is 0 Å². The number of likely N-dealkylation sites (N-methyl/N-ethyl adjacent to an activating group) is 1. The maximum atomic E-state index is 12.4. The lowest BCUT2D eigenvalue weighted by Gasteiger charge is -2.39. The summed E-state index contributed by atoms with van der Waals surface area (Å²) in [6.45, 7) is 9.62. The van der Waals surface area contributed by atoms with Gasteiger partial charge in [0.05, 0.1) is 6.04 Å². The SMILES string of the molecule is CCC(C)(C)N1CC(C)CCC(NC)C1=O. The average molecular weight is 226 g/mol. The van der Waals surface area contributed by atoms with E-state index >= 15 is 0 Å². The van der Waals surface area contributed by atoms with Crippen LogP contribution in [0.5, 0.6) is 0 Å². The second kappa shape index (κ2) is 5.17. The van der Waals surface area contributed by atoms with Crippen LogP contribution in [-0.4, -0.2) is 36.0 Å². The molecule has 1 N–H and O–H groups in total. The lowest BCUT2D eigenvalue weighted by atomic mass is 9.97. The minimum atomic E-state index is -0.0230. The first kappa shape index (κ1) is 13.5. The maximum Gasteiger partial charge on any atom is 0.240 e. The first-order valence-corrected chi connectivity index (χ1v) is 6.41. The van der Waals surface area contributed by atoms with Gasteiger partial charge in [-0.2, -0.15) is 0 Å². The number of rotatable bonds is 3. The number of hydrogen-bond donors (Lipinski definition) is 1. The Hall–Kier alpha value is -0.570. The van der Waals surface area contributed by atoms with Gasteiger partial charge in [-0.05, 0) is 46.1 Å². The van der Waals surface area contributed by atoms with Crippen LogP contribution in [0.25, 0.3) is 0 Å². The maximum absolute atomic E-state index is 12.4. The Bertz CT molecular complexity index is 250. The molecule has 0 spiro atoms. The third-order valence-corrected chi connectivity index (χ3v) is 3.95. The van der Waals surface area contributed by atoms with Crippen molar-refractivity contribution in [1.29, 1.82) is 0 Å². The van der Waals surface area contributed by atoms with Crippen LogP contribution in [-0.2, 0) is 4.79 Å². The Labute approximate surface area is 99.6 Å². The molecule has 0 radical (unpaired) electrons. The fourth-order valence-electron chi connectivity index (χ4n) is 2.26. The molecular formula is C13H26N2O. The molecule has 1 aliphatic rings. The molecule has 1 heterocycles. The molecule has 0 aromatic heterocycles. The molecule has 2 unspecified atom stereocenters. The fraction of sp³-hybridized carbons (Fsp3) is 0.923. The van der Waals surface area contributed by atoms with E-state index in [1.807, 2.05) is 7.05 Å². The number of amides is 1. The van der Waals surface area contributed by atoms with Crippen molar-refractivity contribution in [2.45, 2.75) is 58.5 Å². The van der Waals surface area contributed by atoms with Gasteiger partial charge in [-0.3, -0.25) is 4.79 Å². The van der Waals surface area contributed by atoms with E-state index in [-0.39, 0.29) is 17.5 Å². The monoisotopic (exact) mass is 226 g/mol. The molecule has 0 aliphatic carbocycles. The first-order chi connectivity index (χ1) is 7.42. The molecule has 1 saturated heterocycles. The third-order valence-electron chi connectivity index (χ3n) is 3.95. The van der Waals surface area contributed by atoms with E-state index in [1.165, 1.54) is 0 Å². The zero-order valence-electron chi connectivity index (χ0n) is 11.3. The van der Waals surface area contributed by atoms with E-state index in [4.69, 9.17) is 0 Å². The molecule has 0 bridgehead atoms. The summed E-state index contributed by atoms with van der Waals surface area (Å²) < 4.78 is 0. The molecule has 0 saturated carbocycles. The highest BCUT2D eigenvalue weighted by atomic mass is 16.2. The summed E-state index contributed by atoms with van der Waals surface area (Å²) in [5, 5.41) is 3.15. The van der Waals surface area contributed by atoms with Gasteiger partial charge in [0.25, 0.3) is 0 Å². The van der Waals surface area contributed by atoms with Crippen LogP contribution in [0.1, 0.15) is 47.0 Å². The molecule has 1 fully saturated rings.